The molecule has 12 heavy (non-hydrogen) atoms. The predicted molar refractivity (Wildman–Crippen MR) is 51.8 cm³/mol. The van der Waals surface area contributed by atoms with Crippen molar-refractivity contribution >= 4 is 31.0 Å². The van der Waals surface area contributed by atoms with Gasteiger partial charge in [-0.3, -0.25) is 0 Å². The van der Waals surface area contributed by atoms with Crippen LogP contribution in [0.4, 0.5) is 0 Å². The fourth-order valence-electron chi connectivity index (χ4n) is 0.837. The maximum Gasteiger partial charge on any atom is 0.569 e. The summed E-state index contributed by atoms with van der Waals surface area (Å²) in [6, 6.07) is 5.28. The summed E-state index contributed by atoms with van der Waals surface area (Å²) in [4.78, 5) is 0.824. The number of rotatable bonds is 3. The second-order valence-electron chi connectivity index (χ2n) is 1.99. The van der Waals surface area contributed by atoms with Crippen molar-refractivity contribution in [3.63, 3.8) is 0 Å². The van der Waals surface area contributed by atoms with Crippen LogP contribution in [0.1, 0.15) is 0 Å². The molecule has 0 aliphatic rings. The highest BCUT2D eigenvalue weighted by molar-refractivity contribution is 7.98. The Labute approximate surface area is 81.2 Å². The molecule has 0 aromatic heterocycles. The van der Waals surface area contributed by atoms with E-state index in [2.05, 4.69) is 0 Å². The van der Waals surface area contributed by atoms with E-state index < -0.39 is 0 Å². The van der Waals surface area contributed by atoms with E-state index in [9.17, 15) is 0 Å². The number of hydrogen-bond acceptors (Lipinski definition) is 3. The van der Waals surface area contributed by atoms with Gasteiger partial charge in [0, 0.05) is 0 Å². The molecule has 1 aromatic carbocycles. The minimum absolute atomic E-state index is 0.567. The van der Waals surface area contributed by atoms with Crippen LogP contribution in [-0.4, -0.2) is 19.0 Å². The van der Waals surface area contributed by atoms with Gasteiger partial charge in [0.1, 0.15) is 5.75 Å². The van der Waals surface area contributed by atoms with Crippen LogP contribution in [0.3, 0.4) is 0 Å². The van der Waals surface area contributed by atoms with E-state index in [1.807, 2.05) is 6.26 Å². The lowest BCUT2D eigenvalue weighted by Crippen LogP contribution is -2.00. The first-order valence-corrected chi connectivity index (χ1v) is 4.85. The van der Waals surface area contributed by atoms with E-state index >= 15 is 0 Å². The standard InChI is InChI=1S/C7H7BClO2S/c1-12-7-5(9)3-2-4-6(7)11-8-10/h2-4,10H,1H3. The SMILES string of the molecule is CSc1c(Cl)cccc1O[B]O. The van der Waals surface area contributed by atoms with Gasteiger partial charge in [-0.05, 0) is 18.4 Å². The number of benzene rings is 1. The lowest BCUT2D eigenvalue weighted by molar-refractivity contribution is 0.448. The number of hydrogen-bond donors (Lipinski definition) is 1. The zero-order chi connectivity index (χ0) is 8.97. The third kappa shape index (κ3) is 2.09. The van der Waals surface area contributed by atoms with Gasteiger partial charge in [-0.2, -0.15) is 0 Å². The molecule has 0 aliphatic carbocycles. The summed E-state index contributed by atoms with van der Waals surface area (Å²) < 4.78 is 4.83. The Bertz CT molecular complexity index is 270. The maximum absolute atomic E-state index is 8.43. The molecule has 63 valence electrons. The van der Waals surface area contributed by atoms with Gasteiger partial charge in [-0.15, -0.1) is 11.8 Å². The Balaban J connectivity index is 3.00. The molecular weight excluding hydrogens is 194 g/mol. The molecule has 0 saturated heterocycles. The van der Waals surface area contributed by atoms with Gasteiger partial charge >= 0.3 is 7.69 Å². The quantitative estimate of drug-likeness (QED) is 0.599. The zero-order valence-electron chi connectivity index (χ0n) is 6.45. The molecule has 0 spiro atoms. The molecule has 0 bridgehead atoms. The molecule has 0 saturated carbocycles. The van der Waals surface area contributed by atoms with Crippen LogP contribution in [0, 0.1) is 0 Å². The van der Waals surface area contributed by atoms with Crippen molar-refractivity contribution < 1.29 is 9.68 Å². The summed E-state index contributed by atoms with van der Waals surface area (Å²) in [5.41, 5.74) is 0. The Morgan fingerprint density at radius 3 is 2.92 bits per heavy atom. The molecule has 0 unspecified atom stereocenters. The van der Waals surface area contributed by atoms with Gasteiger partial charge in [-0.1, -0.05) is 17.7 Å². The van der Waals surface area contributed by atoms with Crippen molar-refractivity contribution in [1.29, 1.82) is 0 Å². The molecule has 5 heteroatoms. The number of thioether (sulfide) groups is 1. The third-order valence-corrected chi connectivity index (χ3v) is 2.57. The Morgan fingerprint density at radius 1 is 1.58 bits per heavy atom. The first-order chi connectivity index (χ1) is 5.79. The van der Waals surface area contributed by atoms with E-state index in [0.717, 1.165) is 4.90 Å². The smallest absolute Gasteiger partial charge is 0.537 e. The van der Waals surface area contributed by atoms with Crippen molar-refractivity contribution in [3.8, 4) is 5.75 Å². The van der Waals surface area contributed by atoms with Crippen molar-refractivity contribution in [3.05, 3.63) is 23.2 Å². The number of halogens is 1. The average molecular weight is 201 g/mol. The fraction of sp³-hybridized carbons (Fsp3) is 0.143. The zero-order valence-corrected chi connectivity index (χ0v) is 8.02. The van der Waals surface area contributed by atoms with Gasteiger partial charge in [-0.25, -0.2) is 0 Å². The minimum Gasteiger partial charge on any atom is -0.537 e. The van der Waals surface area contributed by atoms with Crippen molar-refractivity contribution in [2.75, 3.05) is 6.26 Å². The van der Waals surface area contributed by atoms with E-state index in [4.69, 9.17) is 21.3 Å². The average Bonchev–Trinajstić information content (AvgIpc) is 2.05. The first kappa shape index (κ1) is 9.77. The van der Waals surface area contributed by atoms with Crippen LogP contribution in [0.2, 0.25) is 5.02 Å². The van der Waals surface area contributed by atoms with Crippen molar-refractivity contribution in [2.45, 2.75) is 4.90 Å². The molecule has 0 heterocycles. The van der Waals surface area contributed by atoms with Crippen LogP contribution >= 0.6 is 23.4 Å². The first-order valence-electron chi connectivity index (χ1n) is 3.24. The summed E-state index contributed by atoms with van der Waals surface area (Å²) in [6.45, 7) is 0. The normalized spacial score (nSPS) is 9.58. The van der Waals surface area contributed by atoms with E-state index in [-0.39, 0.29) is 0 Å². The molecule has 0 aliphatic heterocycles. The van der Waals surface area contributed by atoms with E-state index in [1.54, 1.807) is 18.2 Å². The topological polar surface area (TPSA) is 29.5 Å². The predicted octanol–water partition coefficient (Wildman–Crippen LogP) is 1.97. The molecule has 1 rings (SSSR count). The highest BCUT2D eigenvalue weighted by Gasteiger charge is 2.06. The van der Waals surface area contributed by atoms with Crippen LogP contribution in [0.5, 0.6) is 5.75 Å². The van der Waals surface area contributed by atoms with E-state index in [1.165, 1.54) is 11.8 Å². The summed E-state index contributed by atoms with van der Waals surface area (Å²) in [5.74, 6) is 0.567. The highest BCUT2D eigenvalue weighted by Crippen LogP contribution is 2.33. The Kier molecular flexibility index (Phi) is 3.78. The second kappa shape index (κ2) is 4.65. The van der Waals surface area contributed by atoms with Crippen LogP contribution in [0.15, 0.2) is 23.1 Å². The van der Waals surface area contributed by atoms with Crippen molar-refractivity contribution in [1.82, 2.24) is 0 Å². The largest absolute Gasteiger partial charge is 0.569 e. The molecule has 1 aromatic rings. The van der Waals surface area contributed by atoms with Gasteiger partial charge in [0.05, 0.1) is 9.92 Å². The molecular formula is C7H7BClO2S. The minimum atomic E-state index is 0.567. The molecule has 2 nitrogen and oxygen atoms in total. The molecule has 0 fully saturated rings. The van der Waals surface area contributed by atoms with Gasteiger partial charge < -0.3 is 9.68 Å². The van der Waals surface area contributed by atoms with Gasteiger partial charge in [0.15, 0.2) is 0 Å². The van der Waals surface area contributed by atoms with Crippen LogP contribution in [0.25, 0.3) is 0 Å². The fourth-order valence-corrected chi connectivity index (χ4v) is 1.81. The Morgan fingerprint density at radius 2 is 2.33 bits per heavy atom. The molecule has 1 N–H and O–H groups in total. The lowest BCUT2D eigenvalue weighted by atomic mass is 10.3. The van der Waals surface area contributed by atoms with Gasteiger partial charge in [0.2, 0.25) is 0 Å². The monoisotopic (exact) mass is 201 g/mol. The summed E-state index contributed by atoms with van der Waals surface area (Å²) >= 11 is 7.34. The lowest BCUT2D eigenvalue weighted by Gasteiger charge is -2.07. The highest BCUT2D eigenvalue weighted by atomic mass is 35.5. The maximum atomic E-state index is 8.43. The summed E-state index contributed by atoms with van der Waals surface area (Å²) in [6.07, 6.45) is 1.89. The van der Waals surface area contributed by atoms with E-state index in [0.29, 0.717) is 18.5 Å². The summed E-state index contributed by atoms with van der Waals surface area (Å²) in [7, 11) is 0.644. The van der Waals surface area contributed by atoms with Gasteiger partial charge in [0.25, 0.3) is 0 Å². The Hall–Kier alpha value is -0.315. The molecule has 0 atom stereocenters. The summed E-state index contributed by atoms with van der Waals surface area (Å²) in [5, 5.41) is 9.06. The third-order valence-electron chi connectivity index (χ3n) is 1.31. The van der Waals surface area contributed by atoms with Crippen LogP contribution in [-0.2, 0) is 0 Å². The van der Waals surface area contributed by atoms with Crippen LogP contribution < -0.4 is 4.65 Å². The molecule has 0 amide bonds. The van der Waals surface area contributed by atoms with Crippen molar-refractivity contribution in [2.24, 2.45) is 0 Å². The molecule has 1 radical (unpaired) electrons. The second-order valence-corrected chi connectivity index (χ2v) is 3.22.